The topological polar surface area (TPSA) is 92.0 Å². The number of ether oxygens (including phenoxy) is 2. The average Bonchev–Trinajstić information content (AvgIpc) is 2.64. The Labute approximate surface area is 161 Å². The van der Waals surface area contributed by atoms with Crippen molar-refractivity contribution in [3.63, 3.8) is 0 Å². The van der Waals surface area contributed by atoms with Crippen LogP contribution in [0.4, 0.5) is 4.39 Å². The third kappa shape index (κ3) is 4.70. The summed E-state index contributed by atoms with van der Waals surface area (Å²) in [5.74, 6) is 0.334. The number of thioether (sulfide) groups is 1. The fraction of sp³-hybridized carbons (Fsp3) is 0.421. The lowest BCUT2D eigenvalue weighted by Gasteiger charge is -2.34. The third-order valence-corrected chi connectivity index (χ3v) is 5.29. The van der Waals surface area contributed by atoms with Crippen LogP contribution in [-0.4, -0.2) is 55.9 Å². The van der Waals surface area contributed by atoms with Crippen LogP contribution in [0.25, 0.3) is 11.1 Å². The molecule has 1 aromatic carbocycles. The fourth-order valence-electron chi connectivity index (χ4n) is 2.69. The molecule has 8 heteroatoms. The van der Waals surface area contributed by atoms with E-state index in [2.05, 4.69) is 4.98 Å². The van der Waals surface area contributed by atoms with Gasteiger partial charge in [-0.1, -0.05) is 6.07 Å². The number of aliphatic hydroxyl groups excluding tert-OH is 3. The maximum Gasteiger partial charge on any atom is 0.173 e. The minimum absolute atomic E-state index is 0.128. The third-order valence-electron chi connectivity index (χ3n) is 4.05. The van der Waals surface area contributed by atoms with Gasteiger partial charge in [0, 0.05) is 17.5 Å². The van der Waals surface area contributed by atoms with E-state index in [1.807, 2.05) is 13.8 Å². The first kappa shape index (κ1) is 19.9. The standard InChI is InChI=1S/C19H22FNO5S/c1-10(2)25-16-4-3-11(6-14(16)20)12-5-13(8-21-7-12)26-19-18(24)17(23)15(22)9-27-19/h3-8,10,15,17-19,22-24H,9H2,1-2H3/t15-,17+,18-,19-/m1/s1. The summed E-state index contributed by atoms with van der Waals surface area (Å²) >= 11 is 1.20. The molecule has 27 heavy (non-hydrogen) atoms. The predicted octanol–water partition coefficient (Wildman–Crippen LogP) is 2.21. The normalized spacial score (nSPS) is 25.4. The lowest BCUT2D eigenvalue weighted by molar-refractivity contribution is -0.0786. The molecule has 146 valence electrons. The maximum absolute atomic E-state index is 14.2. The molecular formula is C19H22FNO5S. The Bertz CT molecular complexity index is 790. The van der Waals surface area contributed by atoms with Crippen LogP contribution in [-0.2, 0) is 0 Å². The zero-order valence-electron chi connectivity index (χ0n) is 14.9. The quantitative estimate of drug-likeness (QED) is 0.715. The second-order valence-electron chi connectivity index (χ2n) is 6.59. The second-order valence-corrected chi connectivity index (χ2v) is 7.72. The number of aliphatic hydroxyl groups is 3. The van der Waals surface area contributed by atoms with Crippen LogP contribution in [0.3, 0.4) is 0 Å². The van der Waals surface area contributed by atoms with Gasteiger partial charge in [0.15, 0.2) is 17.0 Å². The van der Waals surface area contributed by atoms with Crippen LogP contribution >= 0.6 is 11.8 Å². The SMILES string of the molecule is CC(C)Oc1ccc(-c2cncc(O[C@@H]3SC[C@@H](O)[C@H](O)[C@H]3O)c2)cc1F. The van der Waals surface area contributed by atoms with Crippen LogP contribution < -0.4 is 9.47 Å². The molecule has 4 atom stereocenters. The lowest BCUT2D eigenvalue weighted by atomic mass is 10.1. The Morgan fingerprint density at radius 2 is 1.89 bits per heavy atom. The van der Waals surface area contributed by atoms with Crippen molar-refractivity contribution in [3.8, 4) is 22.6 Å². The van der Waals surface area contributed by atoms with Gasteiger partial charge in [-0.2, -0.15) is 0 Å². The van der Waals surface area contributed by atoms with Gasteiger partial charge in [-0.05, 0) is 37.6 Å². The molecule has 1 saturated heterocycles. The highest BCUT2D eigenvalue weighted by Crippen LogP contribution is 2.31. The second kappa shape index (κ2) is 8.43. The number of halogens is 1. The molecule has 0 spiro atoms. The monoisotopic (exact) mass is 395 g/mol. The van der Waals surface area contributed by atoms with E-state index in [4.69, 9.17) is 9.47 Å². The fourth-order valence-corrected chi connectivity index (χ4v) is 3.81. The molecule has 0 radical (unpaired) electrons. The van der Waals surface area contributed by atoms with Crippen LogP contribution in [0, 0.1) is 5.82 Å². The van der Waals surface area contributed by atoms with Crippen molar-refractivity contribution in [2.45, 2.75) is 43.7 Å². The van der Waals surface area contributed by atoms with Crippen LogP contribution in [0.5, 0.6) is 11.5 Å². The minimum Gasteiger partial charge on any atom is -0.488 e. The van der Waals surface area contributed by atoms with E-state index in [1.165, 1.54) is 24.0 Å². The first-order valence-corrected chi connectivity index (χ1v) is 9.64. The van der Waals surface area contributed by atoms with E-state index in [0.29, 0.717) is 16.9 Å². The largest absolute Gasteiger partial charge is 0.488 e. The van der Waals surface area contributed by atoms with Gasteiger partial charge in [-0.25, -0.2) is 4.39 Å². The van der Waals surface area contributed by atoms with Crippen LogP contribution in [0.15, 0.2) is 36.7 Å². The number of rotatable bonds is 5. The smallest absolute Gasteiger partial charge is 0.173 e. The zero-order valence-corrected chi connectivity index (χ0v) is 15.8. The molecule has 3 rings (SSSR count). The molecule has 0 saturated carbocycles. The van der Waals surface area contributed by atoms with Crippen molar-refractivity contribution in [1.29, 1.82) is 0 Å². The summed E-state index contributed by atoms with van der Waals surface area (Å²) in [6, 6.07) is 6.33. The highest BCUT2D eigenvalue weighted by Gasteiger charge is 2.38. The number of pyridine rings is 1. The molecule has 1 aromatic heterocycles. The van der Waals surface area contributed by atoms with Crippen molar-refractivity contribution in [3.05, 3.63) is 42.5 Å². The Balaban J connectivity index is 1.77. The lowest BCUT2D eigenvalue weighted by Crippen LogP contribution is -2.50. The van der Waals surface area contributed by atoms with Crippen molar-refractivity contribution in [2.24, 2.45) is 0 Å². The highest BCUT2D eigenvalue weighted by molar-refractivity contribution is 7.99. The Morgan fingerprint density at radius 3 is 2.59 bits per heavy atom. The summed E-state index contributed by atoms with van der Waals surface area (Å²) in [6.07, 6.45) is -0.572. The molecule has 1 fully saturated rings. The molecule has 0 aliphatic carbocycles. The number of aromatic nitrogens is 1. The summed E-state index contributed by atoms with van der Waals surface area (Å²) in [5, 5.41) is 29.4. The number of hydrogen-bond donors (Lipinski definition) is 3. The van der Waals surface area contributed by atoms with Gasteiger partial charge in [0.25, 0.3) is 0 Å². The highest BCUT2D eigenvalue weighted by atomic mass is 32.2. The van der Waals surface area contributed by atoms with Gasteiger partial charge in [0.2, 0.25) is 0 Å². The molecular weight excluding hydrogens is 373 g/mol. The van der Waals surface area contributed by atoms with Gasteiger partial charge in [-0.3, -0.25) is 4.98 Å². The molecule has 3 N–H and O–H groups in total. The van der Waals surface area contributed by atoms with Gasteiger partial charge in [-0.15, -0.1) is 11.8 Å². The molecule has 0 bridgehead atoms. The Morgan fingerprint density at radius 1 is 1.11 bits per heavy atom. The first-order chi connectivity index (χ1) is 12.8. The Kier molecular flexibility index (Phi) is 6.21. The van der Waals surface area contributed by atoms with E-state index in [-0.39, 0.29) is 17.6 Å². The van der Waals surface area contributed by atoms with Crippen molar-refractivity contribution in [2.75, 3.05) is 5.75 Å². The van der Waals surface area contributed by atoms with Gasteiger partial charge >= 0.3 is 0 Å². The number of hydrogen-bond acceptors (Lipinski definition) is 7. The maximum atomic E-state index is 14.2. The van der Waals surface area contributed by atoms with E-state index in [1.54, 1.807) is 24.4 Å². The number of nitrogens with zero attached hydrogens (tertiary/aromatic N) is 1. The van der Waals surface area contributed by atoms with Crippen LogP contribution in [0.1, 0.15) is 13.8 Å². The molecule has 0 unspecified atom stereocenters. The van der Waals surface area contributed by atoms with Gasteiger partial charge in [0.1, 0.15) is 18.0 Å². The first-order valence-electron chi connectivity index (χ1n) is 8.59. The number of benzene rings is 1. The predicted molar refractivity (Wildman–Crippen MR) is 100 cm³/mol. The average molecular weight is 395 g/mol. The van der Waals surface area contributed by atoms with E-state index >= 15 is 0 Å². The molecule has 1 aliphatic heterocycles. The zero-order chi connectivity index (χ0) is 19.6. The minimum atomic E-state index is -1.27. The molecule has 2 heterocycles. The Hall–Kier alpha value is -1.87. The van der Waals surface area contributed by atoms with E-state index in [0.717, 1.165) is 0 Å². The summed E-state index contributed by atoms with van der Waals surface area (Å²) in [6.45, 7) is 3.65. The van der Waals surface area contributed by atoms with E-state index < -0.39 is 29.6 Å². The van der Waals surface area contributed by atoms with Gasteiger partial charge < -0.3 is 24.8 Å². The van der Waals surface area contributed by atoms with E-state index in [9.17, 15) is 19.7 Å². The molecule has 6 nitrogen and oxygen atoms in total. The summed E-state index contributed by atoms with van der Waals surface area (Å²) < 4.78 is 25.4. The van der Waals surface area contributed by atoms with Crippen molar-refractivity contribution >= 4 is 11.8 Å². The summed E-state index contributed by atoms with van der Waals surface area (Å²) in [5.41, 5.74) is 0.506. The summed E-state index contributed by atoms with van der Waals surface area (Å²) in [7, 11) is 0. The van der Waals surface area contributed by atoms with Crippen molar-refractivity contribution < 1.29 is 29.2 Å². The molecule has 0 amide bonds. The van der Waals surface area contributed by atoms with Crippen LogP contribution in [0.2, 0.25) is 0 Å². The molecule has 2 aromatic rings. The van der Waals surface area contributed by atoms with Crippen molar-refractivity contribution in [1.82, 2.24) is 4.98 Å². The van der Waals surface area contributed by atoms with Gasteiger partial charge in [0.05, 0.1) is 18.4 Å². The molecule has 1 aliphatic rings. The summed E-state index contributed by atoms with van der Waals surface area (Å²) in [4.78, 5) is 4.10.